The summed E-state index contributed by atoms with van der Waals surface area (Å²) >= 11 is 0.861. The molecule has 4 rings (SSSR count). The molecule has 0 atom stereocenters. The maximum Gasteiger partial charge on any atom is 0.335 e. The Hall–Kier alpha value is -3.78. The van der Waals surface area contributed by atoms with Crippen molar-refractivity contribution in [3.63, 3.8) is 0 Å². The summed E-state index contributed by atoms with van der Waals surface area (Å²) in [6.07, 6.45) is 1.54. The van der Waals surface area contributed by atoms with Crippen LogP contribution < -0.4 is 4.74 Å². The molecule has 2 aromatic carbocycles. The van der Waals surface area contributed by atoms with Crippen molar-refractivity contribution in [2.45, 2.75) is 26.7 Å². The summed E-state index contributed by atoms with van der Waals surface area (Å²) < 4.78 is 11.7. The second-order valence-electron chi connectivity index (χ2n) is 8.46. The number of rotatable bonds is 8. The molecule has 0 bridgehead atoms. The van der Waals surface area contributed by atoms with Gasteiger partial charge in [0.15, 0.2) is 0 Å². The Kier molecular flexibility index (Phi) is 7.12. The third kappa shape index (κ3) is 5.49. The van der Waals surface area contributed by atoms with E-state index in [4.69, 9.17) is 14.3 Å². The van der Waals surface area contributed by atoms with Crippen molar-refractivity contribution in [3.8, 4) is 17.1 Å². The Balaban J connectivity index is 1.41. The van der Waals surface area contributed by atoms with E-state index >= 15 is 0 Å². The highest BCUT2D eigenvalue weighted by atomic mass is 32.2. The van der Waals surface area contributed by atoms with Crippen molar-refractivity contribution in [2.24, 2.45) is 0 Å². The number of amides is 2. The van der Waals surface area contributed by atoms with E-state index in [2.05, 4.69) is 13.8 Å². The number of furan rings is 1. The number of aromatic carboxylic acids is 1. The fraction of sp³-hybridized carbons (Fsp3) is 0.222. The average Bonchev–Trinajstić information content (AvgIpc) is 3.39. The average molecular weight is 492 g/mol. The zero-order chi connectivity index (χ0) is 25.1. The van der Waals surface area contributed by atoms with Crippen LogP contribution in [0.2, 0.25) is 0 Å². The third-order valence-electron chi connectivity index (χ3n) is 5.55. The second-order valence-corrected chi connectivity index (χ2v) is 9.46. The quantitative estimate of drug-likeness (QED) is 0.375. The predicted molar refractivity (Wildman–Crippen MR) is 135 cm³/mol. The van der Waals surface area contributed by atoms with E-state index in [1.54, 1.807) is 24.3 Å². The standard InChI is InChI=1S/C27H25NO6S/c1-16(2)21-10-4-17(3)14-23(21)33-13-12-28-25(29)24(35-27(28)32)15-20-9-11-22(34-20)18-5-7-19(8-6-18)26(30)31/h4-11,14-16H,12-13H2,1-3H3,(H,30,31)/b24-15-. The molecule has 0 unspecified atom stereocenters. The Morgan fingerprint density at radius 1 is 1.11 bits per heavy atom. The number of aryl methyl sites for hydroxylation is 1. The van der Waals surface area contributed by atoms with Gasteiger partial charge in [0.25, 0.3) is 11.1 Å². The maximum absolute atomic E-state index is 12.8. The van der Waals surface area contributed by atoms with E-state index in [1.165, 1.54) is 23.1 Å². The molecule has 1 aliphatic rings. The lowest BCUT2D eigenvalue weighted by Gasteiger charge is -2.17. The normalized spacial score (nSPS) is 14.9. The van der Waals surface area contributed by atoms with Gasteiger partial charge in [0, 0.05) is 11.6 Å². The van der Waals surface area contributed by atoms with E-state index in [0.717, 1.165) is 28.6 Å². The molecule has 2 amide bonds. The molecule has 2 heterocycles. The molecule has 180 valence electrons. The molecule has 1 fully saturated rings. The first-order valence-corrected chi connectivity index (χ1v) is 12.0. The van der Waals surface area contributed by atoms with Gasteiger partial charge in [0.2, 0.25) is 0 Å². The zero-order valence-corrected chi connectivity index (χ0v) is 20.4. The summed E-state index contributed by atoms with van der Waals surface area (Å²) in [4.78, 5) is 37.8. The van der Waals surface area contributed by atoms with Crippen molar-refractivity contribution in [3.05, 3.63) is 82.0 Å². The molecule has 1 aromatic heterocycles. The molecular weight excluding hydrogens is 466 g/mol. The molecule has 3 aromatic rings. The van der Waals surface area contributed by atoms with Crippen LogP contribution in [-0.2, 0) is 4.79 Å². The Morgan fingerprint density at radius 2 is 1.86 bits per heavy atom. The summed E-state index contributed by atoms with van der Waals surface area (Å²) in [5.74, 6) is 0.615. The summed E-state index contributed by atoms with van der Waals surface area (Å²) in [7, 11) is 0. The molecule has 1 N–H and O–H groups in total. The molecule has 1 aliphatic heterocycles. The summed E-state index contributed by atoms with van der Waals surface area (Å²) in [5.41, 5.74) is 3.04. The highest BCUT2D eigenvalue weighted by Gasteiger charge is 2.35. The van der Waals surface area contributed by atoms with Gasteiger partial charge >= 0.3 is 5.97 Å². The van der Waals surface area contributed by atoms with Gasteiger partial charge in [-0.25, -0.2) is 4.79 Å². The van der Waals surface area contributed by atoms with E-state index in [1.807, 2.05) is 25.1 Å². The number of hydrogen-bond donors (Lipinski definition) is 1. The first kappa shape index (κ1) is 24.3. The Labute approximate surface area is 207 Å². The highest BCUT2D eigenvalue weighted by molar-refractivity contribution is 8.18. The minimum atomic E-state index is -1.00. The molecular formula is C27H25NO6S. The number of thioether (sulfide) groups is 1. The first-order chi connectivity index (χ1) is 16.7. The smallest absolute Gasteiger partial charge is 0.335 e. The number of carbonyl (C=O) groups excluding carboxylic acids is 2. The molecule has 35 heavy (non-hydrogen) atoms. The monoisotopic (exact) mass is 491 g/mol. The molecule has 0 radical (unpaired) electrons. The second kappa shape index (κ2) is 10.2. The fourth-order valence-electron chi connectivity index (χ4n) is 3.68. The predicted octanol–water partition coefficient (Wildman–Crippen LogP) is 6.19. The van der Waals surface area contributed by atoms with E-state index < -0.39 is 5.97 Å². The number of carboxylic acid groups (broad SMARTS) is 1. The fourth-order valence-corrected chi connectivity index (χ4v) is 4.52. The van der Waals surface area contributed by atoms with E-state index in [0.29, 0.717) is 23.0 Å². The van der Waals surface area contributed by atoms with Crippen molar-refractivity contribution in [1.29, 1.82) is 0 Å². The van der Waals surface area contributed by atoms with Gasteiger partial charge in [-0.3, -0.25) is 14.5 Å². The molecule has 0 aliphatic carbocycles. The van der Waals surface area contributed by atoms with Crippen molar-refractivity contribution < 1.29 is 28.6 Å². The van der Waals surface area contributed by atoms with Crippen LogP contribution in [-0.4, -0.2) is 40.3 Å². The summed E-state index contributed by atoms with van der Waals surface area (Å²) in [6.45, 7) is 6.51. The Morgan fingerprint density at radius 3 is 2.54 bits per heavy atom. The molecule has 0 spiro atoms. The number of imide groups is 1. The van der Waals surface area contributed by atoms with Crippen LogP contribution in [0.5, 0.6) is 5.75 Å². The lowest BCUT2D eigenvalue weighted by atomic mass is 10.0. The number of carbonyl (C=O) groups is 3. The first-order valence-electron chi connectivity index (χ1n) is 11.1. The SMILES string of the molecule is Cc1ccc(C(C)C)c(OCCN2C(=O)S/C(=C\c3ccc(-c4ccc(C(=O)O)cc4)o3)C2=O)c1. The third-order valence-corrected chi connectivity index (χ3v) is 6.46. The highest BCUT2D eigenvalue weighted by Crippen LogP contribution is 2.34. The van der Waals surface area contributed by atoms with Gasteiger partial charge in [0.1, 0.15) is 23.9 Å². The molecule has 8 heteroatoms. The Bertz CT molecular complexity index is 1310. The molecule has 1 saturated heterocycles. The van der Waals surface area contributed by atoms with Gasteiger partial charge in [-0.15, -0.1) is 0 Å². The maximum atomic E-state index is 12.8. The van der Waals surface area contributed by atoms with E-state index in [9.17, 15) is 14.4 Å². The van der Waals surface area contributed by atoms with Crippen LogP contribution in [0.4, 0.5) is 4.79 Å². The topological polar surface area (TPSA) is 97.1 Å². The zero-order valence-electron chi connectivity index (χ0n) is 19.6. The number of ether oxygens (including phenoxy) is 1. The molecule has 0 saturated carbocycles. The molecule has 7 nitrogen and oxygen atoms in total. The van der Waals surface area contributed by atoms with Crippen molar-refractivity contribution >= 4 is 35.0 Å². The van der Waals surface area contributed by atoms with Crippen LogP contribution in [0.25, 0.3) is 17.4 Å². The summed E-state index contributed by atoms with van der Waals surface area (Å²) in [5, 5.41) is 8.68. The van der Waals surface area contributed by atoms with Crippen LogP contribution in [0.1, 0.15) is 47.0 Å². The minimum Gasteiger partial charge on any atom is -0.491 e. The van der Waals surface area contributed by atoms with Crippen LogP contribution in [0, 0.1) is 6.92 Å². The number of nitrogens with zero attached hydrogens (tertiary/aromatic N) is 1. The summed E-state index contributed by atoms with van der Waals surface area (Å²) in [6, 6.07) is 15.8. The largest absolute Gasteiger partial charge is 0.491 e. The lowest BCUT2D eigenvalue weighted by molar-refractivity contribution is -0.123. The van der Waals surface area contributed by atoms with E-state index in [-0.39, 0.29) is 34.8 Å². The van der Waals surface area contributed by atoms with Crippen LogP contribution in [0.3, 0.4) is 0 Å². The van der Waals surface area contributed by atoms with Crippen molar-refractivity contribution in [1.82, 2.24) is 4.90 Å². The van der Waals surface area contributed by atoms with Gasteiger partial charge in [0.05, 0.1) is 17.0 Å². The van der Waals surface area contributed by atoms with Gasteiger partial charge in [-0.05, 0) is 66.1 Å². The van der Waals surface area contributed by atoms with Gasteiger partial charge in [-0.1, -0.05) is 38.1 Å². The number of carboxylic acids is 1. The number of hydrogen-bond acceptors (Lipinski definition) is 6. The minimum absolute atomic E-state index is 0.146. The van der Waals surface area contributed by atoms with Gasteiger partial charge < -0.3 is 14.3 Å². The van der Waals surface area contributed by atoms with Crippen LogP contribution >= 0.6 is 11.8 Å². The number of benzene rings is 2. The van der Waals surface area contributed by atoms with Gasteiger partial charge in [-0.2, -0.15) is 0 Å². The van der Waals surface area contributed by atoms with Crippen LogP contribution in [0.15, 0.2) is 63.9 Å². The van der Waals surface area contributed by atoms with Crippen molar-refractivity contribution in [2.75, 3.05) is 13.2 Å². The lowest BCUT2D eigenvalue weighted by Crippen LogP contribution is -2.32.